The fraction of sp³-hybridized carbons (Fsp3) is 0.625. The Morgan fingerprint density at radius 3 is 2.32 bits per heavy atom. The SMILES string of the molecule is CCC(C)CNC(=O)CN1CN(c2ccccc2)C2(CCN(C(=O)C(C)C)CC2)C1=O. The second-order valence-corrected chi connectivity index (χ2v) is 9.24. The predicted molar refractivity (Wildman–Crippen MR) is 121 cm³/mol. The third kappa shape index (κ3) is 4.86. The number of nitrogens with one attached hydrogen (secondary N) is 1. The Kier molecular flexibility index (Phi) is 7.23. The lowest BCUT2D eigenvalue weighted by Gasteiger charge is -2.43. The summed E-state index contributed by atoms with van der Waals surface area (Å²) in [5.74, 6) is 0.364. The highest BCUT2D eigenvalue weighted by atomic mass is 16.2. The van der Waals surface area contributed by atoms with Crippen molar-refractivity contribution >= 4 is 23.4 Å². The van der Waals surface area contributed by atoms with E-state index in [0.29, 0.717) is 45.1 Å². The number of likely N-dealkylation sites (tertiary alicyclic amines) is 1. The molecule has 2 fully saturated rings. The average Bonchev–Trinajstić information content (AvgIpc) is 3.04. The van der Waals surface area contributed by atoms with Crippen LogP contribution in [0.3, 0.4) is 0 Å². The number of hydrogen-bond acceptors (Lipinski definition) is 4. The van der Waals surface area contributed by atoms with Crippen LogP contribution in [0, 0.1) is 11.8 Å². The molecular weight excluding hydrogens is 392 g/mol. The number of para-hydroxylation sites is 1. The molecule has 0 bridgehead atoms. The van der Waals surface area contributed by atoms with Crippen molar-refractivity contribution in [3.63, 3.8) is 0 Å². The first-order valence-corrected chi connectivity index (χ1v) is 11.5. The number of amides is 3. The highest BCUT2D eigenvalue weighted by Gasteiger charge is 2.54. The van der Waals surface area contributed by atoms with Crippen LogP contribution in [0.1, 0.15) is 47.0 Å². The van der Waals surface area contributed by atoms with Gasteiger partial charge in [0.1, 0.15) is 12.1 Å². The molecule has 2 heterocycles. The van der Waals surface area contributed by atoms with Gasteiger partial charge in [0.2, 0.25) is 11.8 Å². The van der Waals surface area contributed by atoms with Gasteiger partial charge in [0, 0.05) is 31.2 Å². The molecule has 0 saturated carbocycles. The molecular formula is C24H36N4O3. The van der Waals surface area contributed by atoms with Gasteiger partial charge in [-0.1, -0.05) is 52.3 Å². The monoisotopic (exact) mass is 428 g/mol. The van der Waals surface area contributed by atoms with Crippen LogP contribution in [0.4, 0.5) is 5.69 Å². The van der Waals surface area contributed by atoms with E-state index in [-0.39, 0.29) is 30.2 Å². The van der Waals surface area contributed by atoms with Crippen molar-refractivity contribution in [2.45, 2.75) is 52.5 Å². The Morgan fingerprint density at radius 2 is 1.74 bits per heavy atom. The van der Waals surface area contributed by atoms with Crippen molar-refractivity contribution in [1.29, 1.82) is 0 Å². The Labute approximate surface area is 185 Å². The van der Waals surface area contributed by atoms with E-state index in [1.807, 2.05) is 49.1 Å². The number of rotatable bonds is 7. The zero-order valence-electron chi connectivity index (χ0n) is 19.3. The van der Waals surface area contributed by atoms with Gasteiger partial charge in [-0.05, 0) is 30.9 Å². The minimum atomic E-state index is -0.702. The highest BCUT2D eigenvalue weighted by molar-refractivity contribution is 5.96. The molecule has 1 unspecified atom stereocenters. The number of anilines is 1. The minimum absolute atomic E-state index is 0.00770. The molecule has 170 valence electrons. The van der Waals surface area contributed by atoms with Crippen LogP contribution in [0.15, 0.2) is 30.3 Å². The molecule has 2 aliphatic heterocycles. The molecule has 1 spiro atoms. The lowest BCUT2D eigenvalue weighted by molar-refractivity contribution is -0.141. The van der Waals surface area contributed by atoms with Gasteiger partial charge >= 0.3 is 0 Å². The van der Waals surface area contributed by atoms with Gasteiger partial charge in [0.25, 0.3) is 5.91 Å². The second kappa shape index (κ2) is 9.71. The van der Waals surface area contributed by atoms with Crippen LogP contribution in [0.5, 0.6) is 0 Å². The van der Waals surface area contributed by atoms with Gasteiger partial charge in [-0.25, -0.2) is 0 Å². The van der Waals surface area contributed by atoms with Crippen molar-refractivity contribution in [3.8, 4) is 0 Å². The van der Waals surface area contributed by atoms with E-state index < -0.39 is 5.54 Å². The zero-order chi connectivity index (χ0) is 22.6. The molecule has 2 aliphatic rings. The summed E-state index contributed by atoms with van der Waals surface area (Å²) in [5, 5.41) is 2.96. The highest BCUT2D eigenvalue weighted by Crippen LogP contribution is 2.39. The van der Waals surface area contributed by atoms with E-state index >= 15 is 0 Å². The van der Waals surface area contributed by atoms with Gasteiger partial charge < -0.3 is 20.0 Å². The summed E-state index contributed by atoms with van der Waals surface area (Å²) in [5.41, 5.74) is 0.272. The Morgan fingerprint density at radius 1 is 1.10 bits per heavy atom. The maximum atomic E-state index is 13.6. The molecule has 1 aromatic rings. The summed E-state index contributed by atoms with van der Waals surface area (Å²) < 4.78 is 0. The lowest BCUT2D eigenvalue weighted by Crippen LogP contribution is -2.57. The van der Waals surface area contributed by atoms with Gasteiger partial charge in [-0.2, -0.15) is 0 Å². The summed E-state index contributed by atoms with van der Waals surface area (Å²) >= 11 is 0. The standard InChI is InChI=1S/C24H36N4O3/c1-5-19(4)15-25-21(29)16-27-17-28(20-9-7-6-8-10-20)24(23(27)31)11-13-26(14-12-24)22(30)18(2)3/h6-10,18-19H,5,11-17H2,1-4H3,(H,25,29). The first kappa shape index (κ1) is 23.1. The number of benzene rings is 1. The van der Waals surface area contributed by atoms with Crippen molar-refractivity contribution < 1.29 is 14.4 Å². The molecule has 1 aromatic carbocycles. The molecule has 0 aromatic heterocycles. The normalized spacial score (nSPS) is 19.3. The van der Waals surface area contributed by atoms with Crippen LogP contribution in [-0.2, 0) is 14.4 Å². The van der Waals surface area contributed by atoms with Crippen LogP contribution in [0.25, 0.3) is 0 Å². The van der Waals surface area contributed by atoms with Crippen molar-refractivity contribution in [2.24, 2.45) is 11.8 Å². The Bertz CT molecular complexity index is 787. The molecule has 7 nitrogen and oxygen atoms in total. The fourth-order valence-electron chi connectivity index (χ4n) is 4.45. The van der Waals surface area contributed by atoms with Crippen molar-refractivity contribution in [3.05, 3.63) is 30.3 Å². The molecule has 1 N–H and O–H groups in total. The van der Waals surface area contributed by atoms with E-state index in [9.17, 15) is 14.4 Å². The molecule has 1 atom stereocenters. The smallest absolute Gasteiger partial charge is 0.250 e. The van der Waals surface area contributed by atoms with E-state index in [1.165, 1.54) is 0 Å². The van der Waals surface area contributed by atoms with Crippen LogP contribution in [0.2, 0.25) is 0 Å². The maximum absolute atomic E-state index is 13.6. The Balaban J connectivity index is 1.77. The van der Waals surface area contributed by atoms with Gasteiger partial charge in [0.05, 0.1) is 6.67 Å². The first-order chi connectivity index (χ1) is 14.8. The molecule has 7 heteroatoms. The summed E-state index contributed by atoms with van der Waals surface area (Å²) in [6.07, 6.45) is 2.15. The number of hydrogen-bond donors (Lipinski definition) is 1. The number of carbonyl (C=O) groups excluding carboxylic acids is 3. The third-order valence-corrected chi connectivity index (χ3v) is 6.66. The summed E-state index contributed by atoms with van der Waals surface area (Å²) in [4.78, 5) is 44.3. The van der Waals surface area contributed by atoms with Gasteiger partial charge in [-0.3, -0.25) is 14.4 Å². The van der Waals surface area contributed by atoms with Crippen molar-refractivity contribution in [2.75, 3.05) is 37.7 Å². The van der Waals surface area contributed by atoms with Crippen LogP contribution >= 0.6 is 0 Å². The molecule has 3 amide bonds. The number of piperidine rings is 1. The van der Waals surface area contributed by atoms with Crippen LogP contribution in [-0.4, -0.2) is 65.9 Å². The maximum Gasteiger partial charge on any atom is 0.250 e. The molecule has 0 radical (unpaired) electrons. The second-order valence-electron chi connectivity index (χ2n) is 9.24. The van der Waals surface area contributed by atoms with E-state index in [0.717, 1.165) is 12.1 Å². The van der Waals surface area contributed by atoms with Crippen molar-refractivity contribution in [1.82, 2.24) is 15.1 Å². The third-order valence-electron chi connectivity index (χ3n) is 6.66. The minimum Gasteiger partial charge on any atom is -0.354 e. The summed E-state index contributed by atoms with van der Waals surface area (Å²) in [6, 6.07) is 9.90. The zero-order valence-corrected chi connectivity index (χ0v) is 19.3. The molecule has 31 heavy (non-hydrogen) atoms. The topological polar surface area (TPSA) is 73.0 Å². The summed E-state index contributed by atoms with van der Waals surface area (Å²) in [6.45, 7) is 10.2. The largest absolute Gasteiger partial charge is 0.354 e. The lowest BCUT2D eigenvalue weighted by atomic mass is 9.85. The molecule has 2 saturated heterocycles. The van der Waals surface area contributed by atoms with E-state index in [2.05, 4.69) is 24.1 Å². The van der Waals surface area contributed by atoms with Gasteiger partial charge in [0.15, 0.2) is 0 Å². The average molecular weight is 429 g/mol. The molecule has 0 aliphatic carbocycles. The Hall–Kier alpha value is -2.57. The predicted octanol–water partition coefficient (Wildman–Crippen LogP) is 2.47. The van der Waals surface area contributed by atoms with Gasteiger partial charge in [-0.15, -0.1) is 0 Å². The number of carbonyl (C=O) groups is 3. The first-order valence-electron chi connectivity index (χ1n) is 11.5. The van der Waals surface area contributed by atoms with E-state index in [1.54, 1.807) is 4.90 Å². The fourth-order valence-corrected chi connectivity index (χ4v) is 4.45. The number of nitrogens with zero attached hydrogens (tertiary/aromatic N) is 3. The van der Waals surface area contributed by atoms with Crippen LogP contribution < -0.4 is 10.2 Å². The summed E-state index contributed by atoms with van der Waals surface area (Å²) in [7, 11) is 0. The van der Waals surface area contributed by atoms with E-state index in [4.69, 9.17) is 0 Å². The molecule has 3 rings (SSSR count). The quantitative estimate of drug-likeness (QED) is 0.724.